The van der Waals surface area contributed by atoms with Crippen molar-refractivity contribution in [2.75, 3.05) is 4.72 Å². The lowest BCUT2D eigenvalue weighted by atomic mass is 9.97. The van der Waals surface area contributed by atoms with Gasteiger partial charge in [0.2, 0.25) is 10.0 Å². The van der Waals surface area contributed by atoms with Gasteiger partial charge in [0.25, 0.3) is 5.91 Å². The molecule has 0 heterocycles. The molecule has 3 rings (SSSR count). The third-order valence-corrected chi connectivity index (χ3v) is 6.23. The molecule has 0 fully saturated rings. The van der Waals surface area contributed by atoms with E-state index in [0.29, 0.717) is 5.56 Å². The van der Waals surface area contributed by atoms with Crippen molar-refractivity contribution in [3.8, 4) is 22.3 Å². The number of anilines is 1. The fraction of sp³-hybridized carbons (Fsp3) is 0.136. The summed E-state index contributed by atoms with van der Waals surface area (Å²) in [5.41, 5.74) is 9.33. The van der Waals surface area contributed by atoms with Crippen molar-refractivity contribution in [2.24, 2.45) is 5.73 Å². The largest absolute Gasteiger partial charge is 0.366 e. The predicted octanol–water partition coefficient (Wildman–Crippen LogP) is 4.27. The average molecular weight is 394 g/mol. The van der Waals surface area contributed by atoms with Crippen LogP contribution < -0.4 is 10.5 Å². The highest BCUT2D eigenvalue weighted by atomic mass is 32.2. The summed E-state index contributed by atoms with van der Waals surface area (Å²) in [4.78, 5) is 11.9. The molecule has 0 atom stereocenters. The number of carbonyl (C=O) groups excluding carboxylic acids is 1. The molecule has 0 bridgehead atoms. The molecule has 144 valence electrons. The normalized spacial score (nSPS) is 11.4. The Labute approximate surface area is 165 Å². The molecule has 0 saturated carbocycles. The monoisotopic (exact) mass is 394 g/mol. The smallest absolute Gasteiger partial charge is 0.250 e. The second kappa shape index (κ2) is 7.86. The highest BCUT2D eigenvalue weighted by Gasteiger charge is 2.22. The van der Waals surface area contributed by atoms with Crippen LogP contribution in [0, 0.1) is 0 Å². The van der Waals surface area contributed by atoms with E-state index in [-0.39, 0.29) is 11.3 Å². The fourth-order valence-electron chi connectivity index (χ4n) is 2.84. The number of carbonyl (C=O) groups is 1. The van der Waals surface area contributed by atoms with Crippen LogP contribution in [0.4, 0.5) is 5.69 Å². The van der Waals surface area contributed by atoms with Gasteiger partial charge < -0.3 is 5.73 Å². The molecule has 1 amide bonds. The van der Waals surface area contributed by atoms with Crippen LogP contribution in [0.1, 0.15) is 24.2 Å². The maximum absolute atomic E-state index is 12.4. The minimum atomic E-state index is -3.65. The zero-order valence-corrected chi connectivity index (χ0v) is 16.5. The standard InChI is InChI=1S/C22H22N2O3S/c1-15(2)28(26,27)24-21-19(9-6-10-20(21)22(23)25)18-13-11-17(12-14-18)16-7-4-3-5-8-16/h3-15,24H,1-2H3,(H2,23,25). The highest BCUT2D eigenvalue weighted by Crippen LogP contribution is 2.33. The number of primary amides is 1. The summed E-state index contributed by atoms with van der Waals surface area (Å²) in [5.74, 6) is -0.691. The van der Waals surface area contributed by atoms with Crippen molar-refractivity contribution in [1.29, 1.82) is 0 Å². The molecule has 0 aliphatic carbocycles. The molecule has 28 heavy (non-hydrogen) atoms. The quantitative estimate of drug-likeness (QED) is 0.654. The van der Waals surface area contributed by atoms with Crippen molar-refractivity contribution in [2.45, 2.75) is 19.1 Å². The Morgan fingerprint density at radius 2 is 1.39 bits per heavy atom. The first-order valence-electron chi connectivity index (χ1n) is 8.90. The van der Waals surface area contributed by atoms with Gasteiger partial charge in [0.05, 0.1) is 16.5 Å². The molecule has 0 spiro atoms. The third-order valence-electron chi connectivity index (χ3n) is 4.50. The van der Waals surface area contributed by atoms with Gasteiger partial charge in [-0.1, -0.05) is 66.7 Å². The van der Waals surface area contributed by atoms with Crippen molar-refractivity contribution in [3.63, 3.8) is 0 Å². The Morgan fingerprint density at radius 3 is 1.96 bits per heavy atom. The number of benzene rings is 3. The van der Waals surface area contributed by atoms with Crippen LogP contribution in [0.5, 0.6) is 0 Å². The van der Waals surface area contributed by atoms with Crippen molar-refractivity contribution < 1.29 is 13.2 Å². The van der Waals surface area contributed by atoms with Gasteiger partial charge in [-0.15, -0.1) is 0 Å². The zero-order chi connectivity index (χ0) is 20.3. The van der Waals surface area contributed by atoms with Crippen molar-refractivity contribution in [1.82, 2.24) is 0 Å². The van der Waals surface area contributed by atoms with Crippen LogP contribution >= 0.6 is 0 Å². The van der Waals surface area contributed by atoms with Crippen molar-refractivity contribution >= 4 is 21.6 Å². The zero-order valence-electron chi connectivity index (χ0n) is 15.7. The number of para-hydroxylation sites is 1. The van der Waals surface area contributed by atoms with Crippen LogP contribution in [-0.2, 0) is 10.0 Å². The maximum Gasteiger partial charge on any atom is 0.250 e. The predicted molar refractivity (Wildman–Crippen MR) is 114 cm³/mol. The van der Waals surface area contributed by atoms with E-state index in [1.54, 1.807) is 26.0 Å². The molecule has 3 aromatic carbocycles. The van der Waals surface area contributed by atoms with E-state index >= 15 is 0 Å². The molecular formula is C22H22N2O3S. The highest BCUT2D eigenvalue weighted by molar-refractivity contribution is 7.93. The summed E-state index contributed by atoms with van der Waals surface area (Å²) in [6.45, 7) is 3.15. The lowest BCUT2D eigenvalue weighted by Crippen LogP contribution is -2.25. The van der Waals surface area contributed by atoms with Crippen LogP contribution in [0.25, 0.3) is 22.3 Å². The molecule has 0 saturated heterocycles. The number of rotatable bonds is 6. The van der Waals surface area contributed by atoms with E-state index in [1.807, 2.05) is 54.6 Å². The molecule has 6 heteroatoms. The lowest BCUT2D eigenvalue weighted by Gasteiger charge is -2.17. The van der Waals surface area contributed by atoms with Crippen LogP contribution in [0.2, 0.25) is 0 Å². The summed E-state index contributed by atoms with van der Waals surface area (Å²) < 4.78 is 27.4. The number of nitrogens with two attached hydrogens (primary N) is 1. The van der Waals surface area contributed by atoms with Crippen LogP contribution in [0.15, 0.2) is 72.8 Å². The van der Waals surface area contributed by atoms with Gasteiger partial charge in [0.1, 0.15) is 0 Å². The number of nitrogens with one attached hydrogen (secondary N) is 1. The minimum absolute atomic E-state index is 0.133. The molecular weight excluding hydrogens is 372 g/mol. The van der Waals surface area contributed by atoms with E-state index in [2.05, 4.69) is 4.72 Å². The molecule has 0 aliphatic rings. The maximum atomic E-state index is 12.4. The molecule has 0 radical (unpaired) electrons. The molecule has 3 aromatic rings. The summed E-state index contributed by atoms with van der Waals surface area (Å²) in [5, 5.41) is -0.651. The van der Waals surface area contributed by atoms with Gasteiger partial charge in [-0.05, 0) is 36.6 Å². The fourth-order valence-corrected chi connectivity index (χ4v) is 3.58. The number of sulfonamides is 1. The SMILES string of the molecule is CC(C)S(=O)(=O)Nc1c(C(N)=O)cccc1-c1ccc(-c2ccccc2)cc1. The number of hydrogen-bond acceptors (Lipinski definition) is 3. The second-order valence-corrected chi connectivity index (χ2v) is 8.97. The summed E-state index contributed by atoms with van der Waals surface area (Å²) >= 11 is 0. The van der Waals surface area contributed by atoms with Gasteiger partial charge in [-0.3, -0.25) is 9.52 Å². The van der Waals surface area contributed by atoms with Gasteiger partial charge in [-0.2, -0.15) is 0 Å². The molecule has 0 aromatic heterocycles. The Hall–Kier alpha value is -3.12. The Bertz CT molecular complexity index is 1090. The summed E-state index contributed by atoms with van der Waals surface area (Å²) in [7, 11) is -3.65. The molecule has 3 N–H and O–H groups in total. The van der Waals surface area contributed by atoms with E-state index in [0.717, 1.165) is 16.7 Å². The topological polar surface area (TPSA) is 89.3 Å². The van der Waals surface area contributed by atoms with Gasteiger partial charge in [-0.25, -0.2) is 8.42 Å². The van der Waals surface area contributed by atoms with E-state index in [9.17, 15) is 13.2 Å². The first kappa shape index (κ1) is 19.6. The summed E-state index contributed by atoms with van der Waals surface area (Å²) in [6, 6.07) is 22.6. The Morgan fingerprint density at radius 1 is 0.821 bits per heavy atom. The van der Waals surface area contributed by atoms with E-state index < -0.39 is 21.2 Å². The first-order chi connectivity index (χ1) is 13.3. The Kier molecular flexibility index (Phi) is 5.51. The van der Waals surface area contributed by atoms with E-state index in [1.165, 1.54) is 6.07 Å². The number of amides is 1. The minimum Gasteiger partial charge on any atom is -0.366 e. The van der Waals surface area contributed by atoms with Crippen LogP contribution in [-0.4, -0.2) is 19.6 Å². The number of hydrogen-bond donors (Lipinski definition) is 2. The average Bonchev–Trinajstić information content (AvgIpc) is 2.68. The van der Waals surface area contributed by atoms with Gasteiger partial charge in [0.15, 0.2) is 0 Å². The molecule has 0 unspecified atom stereocenters. The summed E-state index contributed by atoms with van der Waals surface area (Å²) in [6.07, 6.45) is 0. The van der Waals surface area contributed by atoms with Gasteiger partial charge >= 0.3 is 0 Å². The van der Waals surface area contributed by atoms with E-state index in [4.69, 9.17) is 5.73 Å². The third kappa shape index (κ3) is 4.07. The van der Waals surface area contributed by atoms with Crippen LogP contribution in [0.3, 0.4) is 0 Å². The lowest BCUT2D eigenvalue weighted by molar-refractivity contribution is 0.100. The first-order valence-corrected chi connectivity index (χ1v) is 10.4. The Balaban J connectivity index is 2.09. The molecule has 5 nitrogen and oxygen atoms in total. The van der Waals surface area contributed by atoms with Gasteiger partial charge in [0, 0.05) is 5.56 Å². The van der Waals surface area contributed by atoms with Crippen molar-refractivity contribution in [3.05, 3.63) is 78.4 Å². The second-order valence-electron chi connectivity index (χ2n) is 6.73. The molecule has 0 aliphatic heterocycles.